The molecule has 0 N–H and O–H groups in total. The lowest BCUT2D eigenvalue weighted by Gasteiger charge is -2.38. The van der Waals surface area contributed by atoms with Gasteiger partial charge in [0.1, 0.15) is 11.5 Å². The van der Waals surface area contributed by atoms with Gasteiger partial charge in [0, 0.05) is 37.3 Å². The SMILES string of the molecule is CCOc1ccc2c(c1)[C@@H]1CC(c3ccccc3)=NN1[C@@H](c1ccc(N(C)C)cc1)O2. The maximum atomic E-state index is 6.50. The van der Waals surface area contributed by atoms with Crippen LogP contribution in [0.3, 0.4) is 0 Å². The molecule has 31 heavy (non-hydrogen) atoms. The molecule has 0 saturated carbocycles. The third kappa shape index (κ3) is 3.61. The Morgan fingerprint density at radius 2 is 1.81 bits per heavy atom. The Hall–Kier alpha value is -3.47. The van der Waals surface area contributed by atoms with Gasteiger partial charge in [-0.2, -0.15) is 5.10 Å². The maximum absolute atomic E-state index is 6.50. The molecule has 3 aromatic carbocycles. The molecule has 2 heterocycles. The summed E-state index contributed by atoms with van der Waals surface area (Å²) in [5.74, 6) is 1.77. The summed E-state index contributed by atoms with van der Waals surface area (Å²) in [6.07, 6.45) is 0.565. The van der Waals surface area contributed by atoms with Crippen LogP contribution in [-0.4, -0.2) is 31.4 Å². The van der Waals surface area contributed by atoms with Gasteiger partial charge in [-0.25, -0.2) is 5.01 Å². The first kappa shape index (κ1) is 19.5. The maximum Gasteiger partial charge on any atom is 0.213 e. The van der Waals surface area contributed by atoms with Crippen molar-refractivity contribution in [2.24, 2.45) is 5.10 Å². The minimum absolute atomic E-state index is 0.109. The van der Waals surface area contributed by atoms with Crippen LogP contribution in [0, 0.1) is 0 Å². The zero-order valence-corrected chi connectivity index (χ0v) is 18.2. The zero-order valence-electron chi connectivity index (χ0n) is 18.2. The van der Waals surface area contributed by atoms with Gasteiger partial charge in [0.05, 0.1) is 18.4 Å². The Labute approximate surface area is 183 Å². The third-order valence-electron chi connectivity index (χ3n) is 5.87. The van der Waals surface area contributed by atoms with Gasteiger partial charge in [-0.1, -0.05) is 42.5 Å². The van der Waals surface area contributed by atoms with E-state index in [9.17, 15) is 0 Å². The van der Waals surface area contributed by atoms with E-state index in [0.29, 0.717) is 6.61 Å². The number of hydrogen-bond donors (Lipinski definition) is 0. The van der Waals surface area contributed by atoms with Crippen molar-refractivity contribution in [3.8, 4) is 11.5 Å². The predicted molar refractivity (Wildman–Crippen MR) is 124 cm³/mol. The molecule has 0 aromatic heterocycles. The number of ether oxygens (including phenoxy) is 2. The fourth-order valence-corrected chi connectivity index (χ4v) is 4.28. The molecule has 3 aromatic rings. The van der Waals surface area contributed by atoms with Crippen LogP contribution in [0.4, 0.5) is 5.69 Å². The molecule has 0 spiro atoms. The molecule has 0 radical (unpaired) electrons. The van der Waals surface area contributed by atoms with Gasteiger partial charge < -0.3 is 14.4 Å². The summed E-state index contributed by atoms with van der Waals surface area (Å²) in [5, 5.41) is 7.16. The van der Waals surface area contributed by atoms with E-state index in [1.807, 2.05) is 39.2 Å². The molecule has 0 bridgehead atoms. The van der Waals surface area contributed by atoms with Gasteiger partial charge in [0.2, 0.25) is 6.23 Å². The monoisotopic (exact) mass is 413 g/mol. The minimum Gasteiger partial charge on any atom is -0.494 e. The highest BCUT2D eigenvalue weighted by atomic mass is 16.5. The minimum atomic E-state index is -0.270. The number of anilines is 1. The molecule has 2 aliphatic heterocycles. The topological polar surface area (TPSA) is 37.3 Å². The second-order valence-electron chi connectivity index (χ2n) is 8.10. The smallest absolute Gasteiger partial charge is 0.213 e. The fourth-order valence-electron chi connectivity index (χ4n) is 4.28. The fraction of sp³-hybridized carbons (Fsp3) is 0.269. The Morgan fingerprint density at radius 3 is 2.52 bits per heavy atom. The van der Waals surface area contributed by atoms with Crippen molar-refractivity contribution in [3.63, 3.8) is 0 Å². The highest BCUT2D eigenvalue weighted by molar-refractivity contribution is 6.01. The number of fused-ring (bicyclic) bond motifs is 3. The van der Waals surface area contributed by atoms with Crippen molar-refractivity contribution in [1.82, 2.24) is 5.01 Å². The molecule has 0 aliphatic carbocycles. The molecule has 158 valence electrons. The molecule has 0 saturated heterocycles. The molecule has 0 fully saturated rings. The second-order valence-corrected chi connectivity index (χ2v) is 8.10. The van der Waals surface area contributed by atoms with Gasteiger partial charge in [0.15, 0.2) is 0 Å². The number of rotatable bonds is 5. The van der Waals surface area contributed by atoms with Crippen molar-refractivity contribution in [1.29, 1.82) is 0 Å². The number of benzene rings is 3. The van der Waals surface area contributed by atoms with Crippen LogP contribution in [0.5, 0.6) is 11.5 Å². The van der Waals surface area contributed by atoms with Crippen LogP contribution in [0.25, 0.3) is 0 Å². The zero-order chi connectivity index (χ0) is 21.4. The van der Waals surface area contributed by atoms with Crippen LogP contribution >= 0.6 is 0 Å². The highest BCUT2D eigenvalue weighted by Crippen LogP contribution is 2.48. The lowest BCUT2D eigenvalue weighted by molar-refractivity contribution is -0.0191. The van der Waals surface area contributed by atoms with Crippen LogP contribution in [0.2, 0.25) is 0 Å². The molecular formula is C26H27N3O2. The average molecular weight is 414 g/mol. The molecule has 2 aliphatic rings. The van der Waals surface area contributed by atoms with Crippen LogP contribution in [0.15, 0.2) is 77.9 Å². The van der Waals surface area contributed by atoms with Gasteiger partial charge in [-0.3, -0.25) is 0 Å². The van der Waals surface area contributed by atoms with Crippen molar-refractivity contribution >= 4 is 11.4 Å². The summed E-state index contributed by atoms with van der Waals surface area (Å²) in [5.41, 5.74) is 5.61. The summed E-state index contributed by atoms with van der Waals surface area (Å²) in [6.45, 7) is 2.64. The predicted octanol–water partition coefficient (Wildman–Crippen LogP) is 5.39. The summed E-state index contributed by atoms with van der Waals surface area (Å²) in [4.78, 5) is 2.10. The second kappa shape index (κ2) is 7.99. The van der Waals surface area contributed by atoms with Gasteiger partial charge >= 0.3 is 0 Å². The van der Waals surface area contributed by atoms with E-state index in [1.54, 1.807) is 0 Å². The molecular weight excluding hydrogens is 386 g/mol. The summed E-state index contributed by atoms with van der Waals surface area (Å²) < 4.78 is 12.3. The van der Waals surface area contributed by atoms with Crippen LogP contribution < -0.4 is 14.4 Å². The molecule has 0 amide bonds. The number of nitrogens with zero attached hydrogens (tertiary/aromatic N) is 3. The number of hydrogen-bond acceptors (Lipinski definition) is 5. The van der Waals surface area contributed by atoms with Crippen molar-refractivity contribution in [2.45, 2.75) is 25.6 Å². The van der Waals surface area contributed by atoms with Crippen molar-refractivity contribution < 1.29 is 9.47 Å². The van der Waals surface area contributed by atoms with Crippen molar-refractivity contribution in [2.75, 3.05) is 25.6 Å². The first-order valence-corrected chi connectivity index (χ1v) is 10.8. The Morgan fingerprint density at radius 1 is 1.03 bits per heavy atom. The first-order valence-electron chi connectivity index (χ1n) is 10.8. The summed E-state index contributed by atoms with van der Waals surface area (Å²) in [6, 6.07) is 25.1. The first-order chi connectivity index (χ1) is 15.1. The lowest BCUT2D eigenvalue weighted by atomic mass is 9.95. The van der Waals surface area contributed by atoms with E-state index >= 15 is 0 Å². The Kier molecular flexibility index (Phi) is 5.02. The largest absolute Gasteiger partial charge is 0.494 e. The van der Waals surface area contributed by atoms with E-state index in [2.05, 4.69) is 64.5 Å². The van der Waals surface area contributed by atoms with E-state index in [4.69, 9.17) is 14.6 Å². The Bertz CT molecular complexity index is 1090. The van der Waals surface area contributed by atoms with Gasteiger partial charge in [0.25, 0.3) is 0 Å². The molecule has 0 unspecified atom stereocenters. The quantitative estimate of drug-likeness (QED) is 0.562. The summed E-state index contributed by atoms with van der Waals surface area (Å²) in [7, 11) is 4.09. The summed E-state index contributed by atoms with van der Waals surface area (Å²) >= 11 is 0. The standard InChI is InChI=1S/C26H27N3O2/c1-4-30-21-14-15-25-22(16-21)24-17-23(18-8-6-5-7-9-18)27-29(24)26(31-25)19-10-12-20(13-11-19)28(2)3/h5-16,24,26H,4,17H2,1-3H3/t24-,26+/m0/s1. The van der Waals surface area contributed by atoms with E-state index in [0.717, 1.165) is 46.0 Å². The normalized spacial score (nSPS) is 19.2. The molecule has 2 atom stereocenters. The highest BCUT2D eigenvalue weighted by Gasteiger charge is 2.41. The molecule has 5 heteroatoms. The Balaban J connectivity index is 1.56. The third-order valence-corrected chi connectivity index (χ3v) is 5.87. The number of hydrazone groups is 1. The van der Waals surface area contributed by atoms with Crippen LogP contribution in [-0.2, 0) is 0 Å². The van der Waals surface area contributed by atoms with E-state index in [-0.39, 0.29) is 12.3 Å². The van der Waals surface area contributed by atoms with E-state index < -0.39 is 0 Å². The van der Waals surface area contributed by atoms with Crippen LogP contribution in [0.1, 0.15) is 42.3 Å². The molecule has 5 rings (SSSR count). The van der Waals surface area contributed by atoms with E-state index in [1.165, 1.54) is 0 Å². The average Bonchev–Trinajstić information content (AvgIpc) is 3.25. The lowest BCUT2D eigenvalue weighted by Crippen LogP contribution is -2.33. The van der Waals surface area contributed by atoms with Crippen molar-refractivity contribution in [3.05, 3.63) is 89.5 Å². The molecule has 5 nitrogen and oxygen atoms in total. The van der Waals surface area contributed by atoms with Gasteiger partial charge in [-0.05, 0) is 42.8 Å². The van der Waals surface area contributed by atoms with Gasteiger partial charge in [-0.15, -0.1) is 0 Å².